The molecule has 0 unspecified atom stereocenters. The Morgan fingerprint density at radius 3 is 2.44 bits per heavy atom. The highest BCUT2D eigenvalue weighted by atomic mass is 32.2. The molecule has 2 aromatic carbocycles. The number of fused-ring (bicyclic) bond motifs is 1. The Hall–Kier alpha value is -2.09. The van der Waals surface area contributed by atoms with Crippen LogP contribution in [0.3, 0.4) is 0 Å². The average molecular weight is 388 g/mol. The lowest BCUT2D eigenvalue weighted by molar-refractivity contribution is 0.390. The zero-order chi connectivity index (χ0) is 18.9. The number of nitrogens with zero attached hydrogens (tertiary/aromatic N) is 2. The van der Waals surface area contributed by atoms with Gasteiger partial charge in [0.15, 0.2) is 0 Å². The molecule has 0 aliphatic carbocycles. The van der Waals surface area contributed by atoms with Crippen LogP contribution < -0.4 is 15.0 Å². The largest absolute Gasteiger partial charge is 0.497 e. The topological polar surface area (TPSA) is 61.9 Å². The Balaban J connectivity index is 1.59. The molecule has 2 heterocycles. The summed E-state index contributed by atoms with van der Waals surface area (Å²) >= 11 is 0. The zero-order valence-corrected chi connectivity index (χ0v) is 16.3. The molecule has 1 saturated heterocycles. The molecule has 0 aromatic heterocycles. The summed E-state index contributed by atoms with van der Waals surface area (Å²) in [6.45, 7) is 4.88. The monoisotopic (exact) mass is 387 g/mol. The fourth-order valence-corrected chi connectivity index (χ4v) is 5.29. The summed E-state index contributed by atoms with van der Waals surface area (Å²) in [5.74, 6) is 0.651. The molecule has 0 saturated carbocycles. The lowest BCUT2D eigenvalue weighted by atomic mass is 9.98. The number of sulfonamides is 1. The summed E-state index contributed by atoms with van der Waals surface area (Å²) in [5, 5.41) is 3.38. The second kappa shape index (κ2) is 7.50. The van der Waals surface area contributed by atoms with Crippen LogP contribution in [-0.4, -0.2) is 52.6 Å². The van der Waals surface area contributed by atoms with Crippen LogP contribution in [0.2, 0.25) is 0 Å². The molecule has 2 aromatic rings. The molecule has 1 N–H and O–H groups in total. The number of nitrogens with one attached hydrogen (secondary N) is 1. The van der Waals surface area contributed by atoms with E-state index in [-0.39, 0.29) is 0 Å². The predicted molar refractivity (Wildman–Crippen MR) is 106 cm³/mol. The van der Waals surface area contributed by atoms with E-state index in [4.69, 9.17) is 4.74 Å². The van der Waals surface area contributed by atoms with Crippen LogP contribution in [0.25, 0.3) is 0 Å². The van der Waals surface area contributed by atoms with Crippen LogP contribution in [0.1, 0.15) is 11.1 Å². The third-order valence-electron chi connectivity index (χ3n) is 5.36. The second-order valence-electron chi connectivity index (χ2n) is 6.92. The maximum absolute atomic E-state index is 13.0. The molecule has 27 heavy (non-hydrogen) atoms. The van der Waals surface area contributed by atoms with E-state index in [0.29, 0.717) is 23.7 Å². The van der Waals surface area contributed by atoms with Crippen LogP contribution in [0.15, 0.2) is 47.4 Å². The first-order valence-corrected chi connectivity index (χ1v) is 10.7. The zero-order valence-electron chi connectivity index (χ0n) is 15.5. The molecule has 4 rings (SSSR count). The second-order valence-corrected chi connectivity index (χ2v) is 8.85. The fraction of sp³-hybridized carbons (Fsp3) is 0.400. The van der Waals surface area contributed by atoms with Crippen molar-refractivity contribution in [2.24, 2.45) is 0 Å². The Morgan fingerprint density at radius 2 is 1.74 bits per heavy atom. The van der Waals surface area contributed by atoms with Crippen molar-refractivity contribution in [3.8, 4) is 5.75 Å². The molecular weight excluding hydrogens is 362 g/mol. The van der Waals surface area contributed by atoms with E-state index in [2.05, 4.69) is 22.3 Å². The number of rotatable bonds is 4. The van der Waals surface area contributed by atoms with Gasteiger partial charge in [-0.25, -0.2) is 8.42 Å². The first-order valence-electron chi connectivity index (χ1n) is 9.30. The van der Waals surface area contributed by atoms with E-state index < -0.39 is 10.0 Å². The summed E-state index contributed by atoms with van der Waals surface area (Å²) in [7, 11) is -1.94. The fourth-order valence-electron chi connectivity index (χ4n) is 3.87. The standard InChI is InChI=1S/C20H25N3O3S/c1-26-17-5-7-18(8-6-17)27(24,25)23-12-9-19-16(15-23)3-2-4-20(19)22-13-10-21-11-14-22/h2-8,21H,9-15H2,1H3. The number of anilines is 1. The predicted octanol–water partition coefficient (Wildman–Crippen LogP) is 1.85. The maximum atomic E-state index is 13.0. The Labute approximate surface area is 160 Å². The van der Waals surface area contributed by atoms with E-state index >= 15 is 0 Å². The van der Waals surface area contributed by atoms with Crippen molar-refractivity contribution in [3.63, 3.8) is 0 Å². The van der Waals surface area contributed by atoms with Crippen molar-refractivity contribution < 1.29 is 13.2 Å². The third kappa shape index (κ3) is 3.54. The molecule has 0 atom stereocenters. The van der Waals surface area contributed by atoms with Gasteiger partial charge in [0, 0.05) is 45.0 Å². The van der Waals surface area contributed by atoms with Crippen molar-refractivity contribution in [2.45, 2.75) is 17.9 Å². The Morgan fingerprint density at radius 1 is 1.00 bits per heavy atom. The highest BCUT2D eigenvalue weighted by Gasteiger charge is 2.30. The van der Waals surface area contributed by atoms with Crippen LogP contribution in [-0.2, 0) is 23.0 Å². The minimum absolute atomic E-state index is 0.310. The first-order chi connectivity index (χ1) is 13.1. The van der Waals surface area contributed by atoms with Crippen molar-refractivity contribution in [1.82, 2.24) is 9.62 Å². The van der Waals surface area contributed by atoms with Crippen molar-refractivity contribution in [1.29, 1.82) is 0 Å². The van der Waals surface area contributed by atoms with E-state index in [1.165, 1.54) is 11.3 Å². The molecule has 7 heteroatoms. The summed E-state index contributed by atoms with van der Waals surface area (Å²) in [5.41, 5.74) is 3.66. The third-order valence-corrected chi connectivity index (χ3v) is 7.22. The number of benzene rings is 2. The van der Waals surface area contributed by atoms with Gasteiger partial charge < -0.3 is 15.0 Å². The van der Waals surface area contributed by atoms with Crippen LogP contribution in [0.4, 0.5) is 5.69 Å². The SMILES string of the molecule is COc1ccc(S(=O)(=O)N2CCc3c(cccc3N3CCNCC3)C2)cc1. The van der Waals surface area contributed by atoms with Gasteiger partial charge >= 0.3 is 0 Å². The van der Waals surface area contributed by atoms with Gasteiger partial charge in [-0.1, -0.05) is 12.1 Å². The average Bonchev–Trinajstić information content (AvgIpc) is 2.73. The van der Waals surface area contributed by atoms with Crippen molar-refractivity contribution in [3.05, 3.63) is 53.6 Å². The highest BCUT2D eigenvalue weighted by molar-refractivity contribution is 7.89. The molecule has 0 spiro atoms. The smallest absolute Gasteiger partial charge is 0.243 e. The van der Waals surface area contributed by atoms with Gasteiger partial charge in [0.05, 0.1) is 12.0 Å². The van der Waals surface area contributed by atoms with Gasteiger partial charge in [-0.3, -0.25) is 0 Å². The normalized spacial score (nSPS) is 18.2. The summed E-state index contributed by atoms with van der Waals surface area (Å²) in [4.78, 5) is 2.72. The lowest BCUT2D eigenvalue weighted by Gasteiger charge is -2.35. The van der Waals surface area contributed by atoms with Crippen LogP contribution in [0, 0.1) is 0 Å². The minimum Gasteiger partial charge on any atom is -0.497 e. The molecule has 144 valence electrons. The van der Waals surface area contributed by atoms with Gasteiger partial charge in [-0.05, 0) is 47.9 Å². The minimum atomic E-state index is -3.51. The number of piperazine rings is 1. The lowest BCUT2D eigenvalue weighted by Crippen LogP contribution is -2.44. The van der Waals surface area contributed by atoms with E-state index in [1.807, 2.05) is 6.07 Å². The quantitative estimate of drug-likeness (QED) is 0.868. The highest BCUT2D eigenvalue weighted by Crippen LogP contribution is 2.32. The van der Waals surface area contributed by atoms with E-state index in [0.717, 1.165) is 38.2 Å². The number of hydrogen-bond acceptors (Lipinski definition) is 5. The van der Waals surface area contributed by atoms with Crippen LogP contribution >= 0.6 is 0 Å². The summed E-state index contributed by atoms with van der Waals surface area (Å²) in [6.07, 6.45) is 0.741. The number of hydrogen-bond donors (Lipinski definition) is 1. The van der Waals surface area contributed by atoms with Gasteiger partial charge in [0.2, 0.25) is 10.0 Å². The van der Waals surface area contributed by atoms with Crippen molar-refractivity contribution in [2.75, 3.05) is 44.7 Å². The van der Waals surface area contributed by atoms with E-state index in [1.54, 1.807) is 35.7 Å². The van der Waals surface area contributed by atoms with Gasteiger partial charge in [-0.2, -0.15) is 4.31 Å². The molecule has 0 bridgehead atoms. The molecule has 0 radical (unpaired) electrons. The maximum Gasteiger partial charge on any atom is 0.243 e. The molecule has 1 fully saturated rings. The molecule has 6 nitrogen and oxygen atoms in total. The number of methoxy groups -OCH3 is 1. The summed E-state index contributed by atoms with van der Waals surface area (Å²) < 4.78 is 32.8. The van der Waals surface area contributed by atoms with Crippen molar-refractivity contribution >= 4 is 15.7 Å². The summed E-state index contributed by atoms with van der Waals surface area (Å²) in [6, 6.07) is 12.9. The van der Waals surface area contributed by atoms with E-state index in [9.17, 15) is 8.42 Å². The first kappa shape index (κ1) is 18.3. The molecule has 2 aliphatic heterocycles. The molecule has 0 amide bonds. The van der Waals surface area contributed by atoms with Gasteiger partial charge in [0.1, 0.15) is 5.75 Å². The van der Waals surface area contributed by atoms with Gasteiger partial charge in [-0.15, -0.1) is 0 Å². The van der Waals surface area contributed by atoms with Crippen LogP contribution in [0.5, 0.6) is 5.75 Å². The molecule has 2 aliphatic rings. The Kier molecular flexibility index (Phi) is 5.08. The Bertz CT molecular complexity index is 907. The number of ether oxygens (including phenoxy) is 1. The molecular formula is C20H25N3O3S. The van der Waals surface area contributed by atoms with Gasteiger partial charge in [0.25, 0.3) is 0 Å².